The highest BCUT2D eigenvalue weighted by molar-refractivity contribution is 9.11. The van der Waals surface area contributed by atoms with Crippen molar-refractivity contribution >= 4 is 54.6 Å². The van der Waals surface area contributed by atoms with E-state index in [4.69, 9.17) is 9.15 Å². The first-order chi connectivity index (χ1) is 12.5. The van der Waals surface area contributed by atoms with Crippen LogP contribution in [0.15, 0.2) is 49.8 Å². The third kappa shape index (κ3) is 4.17. The number of aromatic nitrogens is 1. The summed E-state index contributed by atoms with van der Waals surface area (Å²) in [6.07, 6.45) is 1.73. The second kappa shape index (κ2) is 8.07. The maximum absolute atomic E-state index is 9.63. The zero-order valence-electron chi connectivity index (χ0n) is 14.3. The molecule has 26 heavy (non-hydrogen) atoms. The molecule has 0 atom stereocenters. The van der Waals surface area contributed by atoms with Gasteiger partial charge in [-0.05, 0) is 52.2 Å². The lowest BCUT2D eigenvalue weighted by Crippen LogP contribution is -2.06. The number of hydrogen-bond donors (Lipinski definition) is 0. The summed E-state index contributed by atoms with van der Waals surface area (Å²) < 4.78 is 13.4. The number of nitriles is 1. The third-order valence-electron chi connectivity index (χ3n) is 3.54. The van der Waals surface area contributed by atoms with Gasteiger partial charge in [-0.2, -0.15) is 5.26 Å². The van der Waals surface area contributed by atoms with Gasteiger partial charge in [0.1, 0.15) is 22.9 Å². The summed E-state index contributed by atoms with van der Waals surface area (Å²) in [7, 11) is 0. The van der Waals surface area contributed by atoms with Crippen molar-refractivity contribution in [1.29, 1.82) is 5.26 Å². The average Bonchev–Trinajstić information content (AvgIpc) is 3.02. The molecule has 0 radical (unpaired) electrons. The average molecular weight is 476 g/mol. The number of halogens is 2. The van der Waals surface area contributed by atoms with Crippen LogP contribution < -0.4 is 4.74 Å². The number of nitrogens with zero attached hydrogens (tertiary/aromatic N) is 2. The SMILES string of the molecule is CC(C)COc1c(Br)cc(Br)cc1/C=C(\C#N)c1nc2ccccc2o1. The number of para-hydroxylation sites is 2. The predicted octanol–water partition coefficient (Wildman–Crippen LogP) is 6.45. The van der Waals surface area contributed by atoms with E-state index in [1.165, 1.54) is 0 Å². The van der Waals surface area contributed by atoms with E-state index in [0.717, 1.165) is 20.0 Å². The standard InChI is InChI=1S/C20H16Br2N2O2/c1-12(2)11-25-19-13(8-15(21)9-16(19)22)7-14(10-23)20-24-17-5-3-4-6-18(17)26-20/h3-9,12H,11H2,1-2H3/b14-7+. The highest BCUT2D eigenvalue weighted by Crippen LogP contribution is 2.35. The van der Waals surface area contributed by atoms with E-state index in [2.05, 4.69) is 56.8 Å². The van der Waals surface area contributed by atoms with E-state index in [1.54, 1.807) is 6.08 Å². The zero-order chi connectivity index (χ0) is 18.7. The van der Waals surface area contributed by atoms with Gasteiger partial charge in [0.15, 0.2) is 5.58 Å². The smallest absolute Gasteiger partial charge is 0.238 e. The van der Waals surface area contributed by atoms with Gasteiger partial charge < -0.3 is 9.15 Å². The monoisotopic (exact) mass is 474 g/mol. The Morgan fingerprint density at radius 1 is 1.31 bits per heavy atom. The van der Waals surface area contributed by atoms with Crippen LogP contribution >= 0.6 is 31.9 Å². The van der Waals surface area contributed by atoms with Crippen molar-refractivity contribution < 1.29 is 9.15 Å². The molecule has 0 saturated heterocycles. The lowest BCUT2D eigenvalue weighted by molar-refractivity contribution is 0.269. The van der Waals surface area contributed by atoms with Gasteiger partial charge in [0.2, 0.25) is 5.89 Å². The van der Waals surface area contributed by atoms with E-state index >= 15 is 0 Å². The lowest BCUT2D eigenvalue weighted by Gasteiger charge is -2.14. The van der Waals surface area contributed by atoms with Gasteiger partial charge in [-0.1, -0.05) is 41.9 Å². The van der Waals surface area contributed by atoms with E-state index in [-0.39, 0.29) is 0 Å². The second-order valence-corrected chi connectivity index (χ2v) is 7.94. The summed E-state index contributed by atoms with van der Waals surface area (Å²) in [5, 5.41) is 9.63. The molecule has 0 saturated carbocycles. The van der Waals surface area contributed by atoms with E-state index in [0.29, 0.717) is 35.3 Å². The molecule has 0 aliphatic heterocycles. The van der Waals surface area contributed by atoms with Gasteiger partial charge in [0.05, 0.1) is 11.1 Å². The van der Waals surface area contributed by atoms with Crippen molar-refractivity contribution in [2.45, 2.75) is 13.8 Å². The minimum atomic E-state index is 0.291. The Labute approximate surface area is 168 Å². The van der Waals surface area contributed by atoms with E-state index in [1.807, 2.05) is 36.4 Å². The first-order valence-electron chi connectivity index (χ1n) is 8.07. The fraction of sp³-hybridized carbons (Fsp3) is 0.200. The molecule has 2 aromatic carbocycles. The molecule has 1 heterocycles. The number of oxazole rings is 1. The minimum absolute atomic E-state index is 0.291. The third-order valence-corrected chi connectivity index (χ3v) is 4.59. The Morgan fingerprint density at radius 3 is 2.77 bits per heavy atom. The first-order valence-corrected chi connectivity index (χ1v) is 9.66. The molecule has 0 spiro atoms. The summed E-state index contributed by atoms with van der Waals surface area (Å²) in [6, 6.07) is 13.4. The number of hydrogen-bond acceptors (Lipinski definition) is 4. The first kappa shape index (κ1) is 18.7. The summed E-state index contributed by atoms with van der Waals surface area (Å²) in [4.78, 5) is 4.41. The van der Waals surface area contributed by atoms with Crippen LogP contribution in [-0.2, 0) is 0 Å². The van der Waals surface area contributed by atoms with Crippen molar-refractivity contribution in [3.05, 3.63) is 56.8 Å². The molecule has 0 bridgehead atoms. The molecule has 0 fully saturated rings. The maximum atomic E-state index is 9.63. The molecule has 0 amide bonds. The summed E-state index contributed by atoms with van der Waals surface area (Å²) in [6.45, 7) is 4.74. The fourth-order valence-electron chi connectivity index (χ4n) is 2.37. The largest absolute Gasteiger partial charge is 0.492 e. The molecule has 3 aromatic rings. The second-order valence-electron chi connectivity index (χ2n) is 6.17. The van der Waals surface area contributed by atoms with Crippen molar-refractivity contribution in [3.63, 3.8) is 0 Å². The van der Waals surface area contributed by atoms with Crippen LogP contribution in [0.4, 0.5) is 0 Å². The molecule has 132 valence electrons. The molecule has 0 aliphatic rings. The predicted molar refractivity (Wildman–Crippen MR) is 110 cm³/mol. The highest BCUT2D eigenvalue weighted by atomic mass is 79.9. The maximum Gasteiger partial charge on any atom is 0.238 e. The van der Waals surface area contributed by atoms with Crippen molar-refractivity contribution in [3.8, 4) is 11.8 Å². The van der Waals surface area contributed by atoms with Gasteiger partial charge in [0, 0.05) is 10.0 Å². The quantitative estimate of drug-likeness (QED) is 0.397. The highest BCUT2D eigenvalue weighted by Gasteiger charge is 2.14. The Balaban J connectivity index is 2.07. The minimum Gasteiger partial charge on any atom is -0.492 e. The molecule has 0 aliphatic carbocycles. The van der Waals surface area contributed by atoms with Gasteiger partial charge in [-0.3, -0.25) is 0 Å². The Hall–Kier alpha value is -2.10. The normalized spacial score (nSPS) is 11.8. The van der Waals surface area contributed by atoms with Crippen LogP contribution in [0.25, 0.3) is 22.7 Å². The van der Waals surface area contributed by atoms with Gasteiger partial charge in [-0.25, -0.2) is 4.98 Å². The Kier molecular flexibility index (Phi) is 5.80. The van der Waals surface area contributed by atoms with Crippen LogP contribution in [0.5, 0.6) is 5.75 Å². The fourth-order valence-corrected chi connectivity index (χ4v) is 3.75. The topological polar surface area (TPSA) is 59.0 Å². The van der Waals surface area contributed by atoms with E-state index < -0.39 is 0 Å². The molecular weight excluding hydrogens is 460 g/mol. The van der Waals surface area contributed by atoms with Crippen LogP contribution in [0, 0.1) is 17.2 Å². The Morgan fingerprint density at radius 2 is 2.08 bits per heavy atom. The summed E-state index contributed by atoms with van der Waals surface area (Å²) >= 11 is 7.02. The number of ether oxygens (including phenoxy) is 1. The van der Waals surface area contributed by atoms with Crippen LogP contribution in [0.2, 0.25) is 0 Å². The summed E-state index contributed by atoms with van der Waals surface area (Å²) in [5.41, 5.74) is 2.47. The van der Waals surface area contributed by atoms with Gasteiger partial charge in [0.25, 0.3) is 0 Å². The summed E-state index contributed by atoms with van der Waals surface area (Å²) in [5.74, 6) is 1.36. The lowest BCUT2D eigenvalue weighted by atomic mass is 10.1. The number of benzene rings is 2. The van der Waals surface area contributed by atoms with Crippen LogP contribution in [-0.4, -0.2) is 11.6 Å². The van der Waals surface area contributed by atoms with Crippen LogP contribution in [0.3, 0.4) is 0 Å². The molecular formula is C20H16Br2N2O2. The van der Waals surface area contributed by atoms with Crippen molar-refractivity contribution in [1.82, 2.24) is 4.98 Å². The van der Waals surface area contributed by atoms with Crippen molar-refractivity contribution in [2.24, 2.45) is 5.92 Å². The number of allylic oxidation sites excluding steroid dienone is 1. The molecule has 6 heteroatoms. The van der Waals surface area contributed by atoms with Crippen LogP contribution in [0.1, 0.15) is 25.3 Å². The number of fused-ring (bicyclic) bond motifs is 1. The molecule has 0 unspecified atom stereocenters. The zero-order valence-corrected chi connectivity index (χ0v) is 17.5. The Bertz CT molecular complexity index is 983. The number of rotatable bonds is 5. The van der Waals surface area contributed by atoms with E-state index in [9.17, 15) is 5.26 Å². The van der Waals surface area contributed by atoms with Gasteiger partial charge in [-0.15, -0.1) is 0 Å². The molecule has 1 aromatic heterocycles. The van der Waals surface area contributed by atoms with Crippen molar-refractivity contribution in [2.75, 3.05) is 6.61 Å². The van der Waals surface area contributed by atoms with Gasteiger partial charge >= 0.3 is 0 Å². The molecule has 4 nitrogen and oxygen atoms in total. The molecule has 0 N–H and O–H groups in total. The molecule has 3 rings (SSSR count).